The van der Waals surface area contributed by atoms with Gasteiger partial charge in [-0.05, 0) is 83.5 Å². The second-order valence-electron chi connectivity index (χ2n) is 11.6. The number of amides is 3. The SMILES string of the molecule is CCC1CCc2cc(C(=O)N3CCc4c(cc(Cl)c(C(=O)N[C@]5(C(=O)O)C[C@H]5NC(=O)c5cccs5)c4Cl)C3)ccc2C1. The average Bonchev–Trinajstić information content (AvgIpc) is 3.39. The largest absolute Gasteiger partial charge is 0.479 e. The molecule has 0 spiro atoms. The summed E-state index contributed by atoms with van der Waals surface area (Å²) >= 11 is 14.5. The van der Waals surface area contributed by atoms with E-state index in [-0.39, 0.29) is 27.9 Å². The van der Waals surface area contributed by atoms with Crippen LogP contribution in [-0.2, 0) is 30.6 Å². The number of benzene rings is 2. The quantitative estimate of drug-likeness (QED) is 0.315. The highest BCUT2D eigenvalue weighted by atomic mass is 35.5. The Labute approximate surface area is 263 Å². The number of thiophene rings is 1. The molecule has 3 atom stereocenters. The average molecular weight is 641 g/mol. The molecule has 0 radical (unpaired) electrons. The molecule has 2 aromatic carbocycles. The van der Waals surface area contributed by atoms with Crippen molar-refractivity contribution in [3.63, 3.8) is 0 Å². The summed E-state index contributed by atoms with van der Waals surface area (Å²) in [6.45, 7) is 2.93. The van der Waals surface area contributed by atoms with E-state index in [1.54, 1.807) is 28.5 Å². The lowest BCUT2D eigenvalue weighted by atomic mass is 9.82. The number of aryl methyl sites for hydroxylation is 1. The minimum Gasteiger partial charge on any atom is -0.479 e. The molecular formula is C32H31Cl2N3O5S. The fraction of sp³-hybridized carbons (Fsp3) is 0.375. The van der Waals surface area contributed by atoms with Crippen LogP contribution in [0.2, 0.25) is 10.0 Å². The van der Waals surface area contributed by atoms with Crippen molar-refractivity contribution in [3.05, 3.63) is 90.1 Å². The summed E-state index contributed by atoms with van der Waals surface area (Å²) in [6.07, 6.45) is 4.80. The molecule has 0 saturated heterocycles. The van der Waals surface area contributed by atoms with Crippen molar-refractivity contribution in [2.45, 2.75) is 63.6 Å². The van der Waals surface area contributed by atoms with E-state index in [9.17, 15) is 24.3 Å². The van der Waals surface area contributed by atoms with E-state index < -0.39 is 29.4 Å². The van der Waals surface area contributed by atoms with Crippen molar-refractivity contribution in [2.24, 2.45) is 5.92 Å². The first-order chi connectivity index (χ1) is 20.6. The lowest BCUT2D eigenvalue weighted by molar-refractivity contribution is -0.140. The van der Waals surface area contributed by atoms with Crippen LogP contribution in [0, 0.1) is 5.92 Å². The number of hydrogen-bond acceptors (Lipinski definition) is 5. The summed E-state index contributed by atoms with van der Waals surface area (Å²) in [5.41, 5.74) is 3.01. The topological polar surface area (TPSA) is 116 Å². The van der Waals surface area contributed by atoms with Crippen LogP contribution in [0.3, 0.4) is 0 Å². The number of carboxylic acids is 1. The molecule has 1 aromatic heterocycles. The smallest absolute Gasteiger partial charge is 0.331 e. The van der Waals surface area contributed by atoms with E-state index in [4.69, 9.17) is 23.2 Å². The summed E-state index contributed by atoms with van der Waals surface area (Å²) in [5.74, 6) is -1.75. The van der Waals surface area contributed by atoms with Crippen LogP contribution < -0.4 is 10.6 Å². The van der Waals surface area contributed by atoms with Crippen LogP contribution >= 0.6 is 34.5 Å². The molecule has 3 aromatic rings. The Morgan fingerprint density at radius 3 is 2.60 bits per heavy atom. The summed E-state index contributed by atoms with van der Waals surface area (Å²) in [5, 5.41) is 17.2. The Morgan fingerprint density at radius 1 is 1.07 bits per heavy atom. The molecule has 2 aliphatic carbocycles. The van der Waals surface area contributed by atoms with Gasteiger partial charge in [0.15, 0.2) is 5.54 Å². The highest BCUT2D eigenvalue weighted by molar-refractivity contribution is 7.12. The van der Waals surface area contributed by atoms with Gasteiger partial charge in [0.2, 0.25) is 0 Å². The van der Waals surface area contributed by atoms with Gasteiger partial charge in [0, 0.05) is 25.1 Å². The number of hydrogen-bond donors (Lipinski definition) is 3. The fourth-order valence-corrected chi connectivity index (χ4v) is 7.69. The van der Waals surface area contributed by atoms with Crippen LogP contribution in [0.5, 0.6) is 0 Å². The third-order valence-electron chi connectivity index (χ3n) is 9.01. The van der Waals surface area contributed by atoms with E-state index in [1.807, 2.05) is 12.1 Å². The zero-order valence-electron chi connectivity index (χ0n) is 23.5. The van der Waals surface area contributed by atoms with Gasteiger partial charge in [-0.2, -0.15) is 0 Å². The molecule has 3 aliphatic rings. The third kappa shape index (κ3) is 5.54. The molecule has 8 nitrogen and oxygen atoms in total. The maximum Gasteiger partial charge on any atom is 0.331 e. The number of fused-ring (bicyclic) bond motifs is 2. The van der Waals surface area contributed by atoms with Crippen molar-refractivity contribution >= 4 is 58.2 Å². The van der Waals surface area contributed by atoms with Crippen LogP contribution in [-0.4, -0.2) is 51.8 Å². The predicted octanol–water partition coefficient (Wildman–Crippen LogP) is 5.52. The lowest BCUT2D eigenvalue weighted by Crippen LogP contribution is -2.49. The second kappa shape index (κ2) is 11.6. The first-order valence-corrected chi connectivity index (χ1v) is 16.1. The van der Waals surface area contributed by atoms with Crippen LogP contribution in [0.25, 0.3) is 0 Å². The van der Waals surface area contributed by atoms with Crippen LogP contribution in [0.1, 0.15) is 78.8 Å². The number of rotatable bonds is 7. The monoisotopic (exact) mass is 639 g/mol. The molecule has 0 bridgehead atoms. The normalized spacial score (nSPS) is 22.3. The van der Waals surface area contributed by atoms with Crippen LogP contribution in [0.15, 0.2) is 41.8 Å². The Bertz CT molecular complexity index is 1640. The molecule has 1 unspecified atom stereocenters. The Balaban J connectivity index is 1.17. The highest BCUT2D eigenvalue weighted by Gasteiger charge is 2.63. The molecule has 1 fully saturated rings. The number of nitrogens with zero attached hydrogens (tertiary/aromatic N) is 1. The van der Waals surface area contributed by atoms with Crippen molar-refractivity contribution in [2.75, 3.05) is 6.54 Å². The van der Waals surface area contributed by atoms with Crippen molar-refractivity contribution in [3.8, 4) is 0 Å². The van der Waals surface area contributed by atoms with Crippen molar-refractivity contribution < 1.29 is 24.3 Å². The Kier molecular flexibility index (Phi) is 8.00. The fourth-order valence-electron chi connectivity index (χ4n) is 6.30. The van der Waals surface area contributed by atoms with E-state index in [0.29, 0.717) is 41.4 Å². The van der Waals surface area contributed by atoms with Gasteiger partial charge >= 0.3 is 5.97 Å². The standard InChI is InChI=1S/C32H31Cl2N3O5S/c1-2-17-5-6-19-13-20(8-7-18(19)12-17)30(40)37-10-9-22-21(16-37)14-23(33)26(27(22)34)29(39)36-32(31(41)42)15-25(32)35-28(38)24-4-3-11-43-24/h3-4,7-8,11,13-14,17,25H,2,5-6,9-10,12,15-16H2,1H3,(H,35,38)(H,36,39)(H,41,42)/t17?,25-,32-/m1/s1. The molecule has 2 heterocycles. The Hall–Kier alpha value is -3.40. The van der Waals surface area contributed by atoms with Gasteiger partial charge in [-0.3, -0.25) is 14.4 Å². The zero-order valence-corrected chi connectivity index (χ0v) is 25.9. The lowest BCUT2D eigenvalue weighted by Gasteiger charge is -2.31. The number of carboxylic acid groups (broad SMARTS) is 1. The predicted molar refractivity (Wildman–Crippen MR) is 165 cm³/mol. The molecule has 3 amide bonds. The molecule has 6 rings (SSSR count). The second-order valence-corrected chi connectivity index (χ2v) is 13.3. The minimum atomic E-state index is -1.66. The van der Waals surface area contributed by atoms with Gasteiger partial charge in [0.25, 0.3) is 17.7 Å². The maximum atomic E-state index is 13.5. The van der Waals surface area contributed by atoms with E-state index in [1.165, 1.54) is 22.5 Å². The minimum absolute atomic E-state index is 0.0159. The molecular weight excluding hydrogens is 609 g/mol. The van der Waals surface area contributed by atoms with E-state index in [0.717, 1.165) is 31.2 Å². The van der Waals surface area contributed by atoms with Crippen LogP contribution in [0.4, 0.5) is 0 Å². The molecule has 1 aliphatic heterocycles. The van der Waals surface area contributed by atoms with Gasteiger partial charge in [-0.15, -0.1) is 11.3 Å². The first-order valence-electron chi connectivity index (χ1n) is 14.4. The molecule has 224 valence electrons. The van der Waals surface area contributed by atoms with E-state index in [2.05, 4.69) is 23.6 Å². The number of aliphatic carboxylic acids is 1. The zero-order chi connectivity index (χ0) is 30.5. The number of nitrogens with one attached hydrogen (secondary N) is 2. The summed E-state index contributed by atoms with van der Waals surface area (Å²) in [7, 11) is 0. The number of carbonyl (C=O) groups excluding carboxylic acids is 3. The molecule has 1 saturated carbocycles. The van der Waals surface area contributed by atoms with Gasteiger partial charge in [0.1, 0.15) is 0 Å². The maximum absolute atomic E-state index is 13.5. The molecule has 11 heteroatoms. The van der Waals surface area contributed by atoms with Gasteiger partial charge in [0.05, 0.1) is 26.5 Å². The Morgan fingerprint density at radius 2 is 1.88 bits per heavy atom. The molecule has 3 N–H and O–H groups in total. The van der Waals surface area contributed by atoms with Gasteiger partial charge in [-0.25, -0.2) is 4.79 Å². The van der Waals surface area contributed by atoms with Crippen molar-refractivity contribution in [1.29, 1.82) is 0 Å². The summed E-state index contributed by atoms with van der Waals surface area (Å²) < 4.78 is 0. The third-order valence-corrected chi connectivity index (χ3v) is 10.6. The first kappa shape index (κ1) is 29.7. The summed E-state index contributed by atoms with van der Waals surface area (Å²) in [6, 6.07) is 10.2. The van der Waals surface area contributed by atoms with Gasteiger partial charge < -0.3 is 20.6 Å². The summed E-state index contributed by atoms with van der Waals surface area (Å²) in [4.78, 5) is 53.7. The number of halogens is 2. The van der Waals surface area contributed by atoms with E-state index >= 15 is 0 Å². The van der Waals surface area contributed by atoms with Crippen molar-refractivity contribution in [1.82, 2.24) is 15.5 Å². The highest BCUT2D eigenvalue weighted by Crippen LogP contribution is 2.40. The van der Waals surface area contributed by atoms with Gasteiger partial charge in [-0.1, -0.05) is 48.7 Å². The number of carbonyl (C=O) groups is 4. The molecule has 43 heavy (non-hydrogen) atoms.